The fourth-order valence-electron chi connectivity index (χ4n) is 3.09. The highest BCUT2D eigenvalue weighted by Crippen LogP contribution is 2.29. The van der Waals surface area contributed by atoms with Crippen LogP contribution in [0.1, 0.15) is 21.6 Å². The van der Waals surface area contributed by atoms with Crippen LogP contribution in [0.2, 0.25) is 0 Å². The fraction of sp³-hybridized carbons (Fsp3) is 0.300. The Morgan fingerprint density at radius 3 is 2.48 bits per heavy atom. The zero-order valence-electron chi connectivity index (χ0n) is 15.6. The Kier molecular flexibility index (Phi) is 6.04. The van der Waals surface area contributed by atoms with Gasteiger partial charge in [0.25, 0.3) is 0 Å². The first-order chi connectivity index (χ1) is 12.9. The molecule has 0 fully saturated rings. The van der Waals surface area contributed by atoms with Gasteiger partial charge in [0, 0.05) is 23.5 Å². The van der Waals surface area contributed by atoms with E-state index in [4.69, 9.17) is 9.15 Å². The largest absolute Gasteiger partial charge is 0.496 e. The number of aryl methyl sites for hydroxylation is 2. The Balaban J connectivity index is 1.93. The van der Waals surface area contributed by atoms with Crippen molar-refractivity contribution in [1.29, 1.82) is 0 Å². The number of sulfonamides is 1. The van der Waals surface area contributed by atoms with Gasteiger partial charge in [0.15, 0.2) is 0 Å². The Hall–Kier alpha value is -2.09. The molecule has 1 aromatic carbocycles. The Morgan fingerprint density at radius 2 is 1.93 bits per heavy atom. The third-order valence-electron chi connectivity index (χ3n) is 4.40. The Morgan fingerprint density at radius 1 is 1.19 bits per heavy atom. The van der Waals surface area contributed by atoms with Crippen molar-refractivity contribution in [1.82, 2.24) is 4.31 Å². The second kappa shape index (κ2) is 8.29. The average Bonchev–Trinajstić information content (AvgIpc) is 3.32. The van der Waals surface area contributed by atoms with Crippen molar-refractivity contribution >= 4 is 21.4 Å². The predicted octanol–water partition coefficient (Wildman–Crippen LogP) is 4.40. The van der Waals surface area contributed by atoms with Crippen LogP contribution in [-0.4, -0.2) is 26.4 Å². The maximum Gasteiger partial charge on any atom is 0.243 e. The molecular weight excluding hydrogens is 382 g/mol. The maximum atomic E-state index is 13.4. The van der Waals surface area contributed by atoms with Crippen molar-refractivity contribution in [2.45, 2.75) is 31.7 Å². The van der Waals surface area contributed by atoms with Crippen LogP contribution in [0, 0.1) is 13.8 Å². The van der Waals surface area contributed by atoms with Gasteiger partial charge < -0.3 is 9.15 Å². The van der Waals surface area contributed by atoms with Crippen LogP contribution in [0.3, 0.4) is 0 Å². The van der Waals surface area contributed by atoms with Gasteiger partial charge in [-0.1, -0.05) is 6.07 Å². The summed E-state index contributed by atoms with van der Waals surface area (Å²) in [7, 11) is -2.07. The summed E-state index contributed by atoms with van der Waals surface area (Å²) in [5, 5.41) is 2.00. The molecule has 7 heteroatoms. The highest BCUT2D eigenvalue weighted by molar-refractivity contribution is 7.89. The van der Waals surface area contributed by atoms with Gasteiger partial charge in [-0.3, -0.25) is 0 Å². The molecule has 0 atom stereocenters. The van der Waals surface area contributed by atoms with E-state index in [1.54, 1.807) is 49.2 Å². The van der Waals surface area contributed by atoms with E-state index in [9.17, 15) is 8.42 Å². The zero-order chi connectivity index (χ0) is 19.4. The number of benzene rings is 1. The van der Waals surface area contributed by atoms with Gasteiger partial charge in [-0.25, -0.2) is 8.42 Å². The third kappa shape index (κ3) is 4.43. The highest BCUT2D eigenvalue weighted by Gasteiger charge is 2.26. The third-order valence-corrected chi connectivity index (χ3v) is 7.16. The lowest BCUT2D eigenvalue weighted by molar-refractivity contribution is 0.404. The quantitative estimate of drug-likeness (QED) is 0.557. The molecule has 2 aromatic heterocycles. The molecule has 0 saturated carbocycles. The molecule has 3 aromatic rings. The lowest BCUT2D eigenvalue weighted by Gasteiger charge is -2.22. The van der Waals surface area contributed by atoms with Gasteiger partial charge in [0.2, 0.25) is 10.0 Å². The van der Waals surface area contributed by atoms with Crippen LogP contribution in [0.25, 0.3) is 0 Å². The molecule has 0 aliphatic rings. The van der Waals surface area contributed by atoms with Gasteiger partial charge in [0.1, 0.15) is 5.75 Å². The molecule has 0 spiro atoms. The molecule has 0 aliphatic heterocycles. The number of hydrogen-bond donors (Lipinski definition) is 0. The Labute approximate surface area is 164 Å². The van der Waals surface area contributed by atoms with Crippen LogP contribution in [0.5, 0.6) is 5.75 Å². The van der Waals surface area contributed by atoms with E-state index in [1.807, 2.05) is 31.4 Å². The van der Waals surface area contributed by atoms with E-state index < -0.39 is 10.0 Å². The van der Waals surface area contributed by atoms with Gasteiger partial charge >= 0.3 is 0 Å². The lowest BCUT2D eigenvalue weighted by atomic mass is 10.1. The van der Waals surface area contributed by atoms with E-state index in [0.717, 1.165) is 21.6 Å². The molecule has 27 heavy (non-hydrogen) atoms. The van der Waals surface area contributed by atoms with Crippen LogP contribution in [-0.2, 0) is 23.0 Å². The molecule has 0 aliphatic carbocycles. The van der Waals surface area contributed by atoms with Crippen LogP contribution < -0.4 is 4.74 Å². The second-order valence-corrected chi connectivity index (χ2v) is 9.36. The first kappa shape index (κ1) is 19.7. The molecule has 0 unspecified atom stereocenters. The highest BCUT2D eigenvalue weighted by atomic mass is 32.2. The molecule has 144 valence electrons. The Bertz CT molecular complexity index is 954. The SMILES string of the molecule is COc1c(C)cc(S(=O)(=O)N(CCc2cccs2)Cc2ccoc2)cc1C. The van der Waals surface area contributed by atoms with Gasteiger partial charge in [0.05, 0.1) is 24.5 Å². The normalized spacial score (nSPS) is 11.9. The van der Waals surface area contributed by atoms with Crippen molar-refractivity contribution < 1.29 is 17.6 Å². The van der Waals surface area contributed by atoms with E-state index in [2.05, 4.69) is 0 Å². The number of nitrogens with zero attached hydrogens (tertiary/aromatic N) is 1. The number of rotatable bonds is 8. The lowest BCUT2D eigenvalue weighted by Crippen LogP contribution is -2.32. The number of ether oxygens (including phenoxy) is 1. The minimum Gasteiger partial charge on any atom is -0.496 e. The van der Waals surface area contributed by atoms with Gasteiger partial charge in [-0.2, -0.15) is 4.31 Å². The molecule has 0 amide bonds. The minimum atomic E-state index is -3.66. The monoisotopic (exact) mass is 405 g/mol. The number of hydrogen-bond acceptors (Lipinski definition) is 5. The van der Waals surface area contributed by atoms with Crippen molar-refractivity contribution in [3.05, 3.63) is 69.8 Å². The van der Waals surface area contributed by atoms with E-state index in [0.29, 0.717) is 18.7 Å². The van der Waals surface area contributed by atoms with E-state index >= 15 is 0 Å². The predicted molar refractivity (Wildman–Crippen MR) is 107 cm³/mol. The summed E-state index contributed by atoms with van der Waals surface area (Å²) in [4.78, 5) is 1.44. The van der Waals surface area contributed by atoms with Gasteiger partial charge in [-0.15, -0.1) is 11.3 Å². The van der Waals surface area contributed by atoms with E-state index in [1.165, 1.54) is 4.31 Å². The average molecular weight is 406 g/mol. The number of methoxy groups -OCH3 is 1. The summed E-state index contributed by atoms with van der Waals surface area (Å²) < 4.78 is 38.8. The molecule has 0 radical (unpaired) electrons. The summed E-state index contributed by atoms with van der Waals surface area (Å²) in [5.74, 6) is 0.717. The van der Waals surface area contributed by atoms with Crippen molar-refractivity contribution in [2.24, 2.45) is 0 Å². The summed E-state index contributed by atoms with van der Waals surface area (Å²) in [5.41, 5.74) is 2.43. The molecule has 0 saturated heterocycles. The fourth-order valence-corrected chi connectivity index (χ4v) is 5.39. The molecule has 5 nitrogen and oxygen atoms in total. The molecule has 0 bridgehead atoms. The first-order valence-electron chi connectivity index (χ1n) is 8.60. The molecular formula is C20H23NO4S2. The van der Waals surface area contributed by atoms with Gasteiger partial charge in [-0.05, 0) is 61.0 Å². The van der Waals surface area contributed by atoms with Crippen LogP contribution >= 0.6 is 11.3 Å². The van der Waals surface area contributed by atoms with Crippen molar-refractivity contribution in [3.8, 4) is 5.75 Å². The van der Waals surface area contributed by atoms with Crippen LogP contribution in [0.4, 0.5) is 0 Å². The molecule has 0 N–H and O–H groups in total. The standard InChI is InChI=1S/C20H23NO4S2/c1-15-11-19(12-16(2)20(15)24-3)27(22,23)21(13-17-7-9-25-14-17)8-6-18-5-4-10-26-18/h4-5,7,9-12,14H,6,8,13H2,1-3H3. The summed E-state index contributed by atoms with van der Waals surface area (Å²) in [6.07, 6.45) is 3.81. The summed E-state index contributed by atoms with van der Waals surface area (Å²) in [6.45, 7) is 4.39. The van der Waals surface area contributed by atoms with Crippen molar-refractivity contribution in [2.75, 3.05) is 13.7 Å². The molecule has 2 heterocycles. The molecule has 3 rings (SSSR count). The first-order valence-corrected chi connectivity index (χ1v) is 10.9. The zero-order valence-corrected chi connectivity index (χ0v) is 17.3. The van der Waals surface area contributed by atoms with E-state index in [-0.39, 0.29) is 11.4 Å². The van der Waals surface area contributed by atoms with Crippen LogP contribution in [0.15, 0.2) is 57.6 Å². The number of thiophene rings is 1. The summed E-state index contributed by atoms with van der Waals surface area (Å²) >= 11 is 1.63. The minimum absolute atomic E-state index is 0.272. The maximum absolute atomic E-state index is 13.4. The number of furan rings is 1. The van der Waals surface area contributed by atoms with Crippen molar-refractivity contribution in [3.63, 3.8) is 0 Å². The second-order valence-electron chi connectivity index (χ2n) is 6.39. The topological polar surface area (TPSA) is 59.8 Å². The summed E-state index contributed by atoms with van der Waals surface area (Å²) in [6, 6.07) is 9.14. The smallest absolute Gasteiger partial charge is 0.243 e.